The van der Waals surface area contributed by atoms with Crippen LogP contribution in [0.3, 0.4) is 0 Å². The molecule has 0 aromatic heterocycles. The van der Waals surface area contributed by atoms with Crippen molar-refractivity contribution in [2.75, 3.05) is 17.3 Å². The molecule has 1 heterocycles. The number of esters is 1. The van der Waals surface area contributed by atoms with Gasteiger partial charge < -0.3 is 14.8 Å². The molecule has 0 saturated heterocycles. The Hall–Kier alpha value is -4.02. The normalized spacial score (nSPS) is 13.7. The number of methoxy groups -OCH3 is 1. The summed E-state index contributed by atoms with van der Waals surface area (Å²) in [5, 5.41) is 1.88. The molecule has 1 aliphatic rings. The highest BCUT2D eigenvalue weighted by molar-refractivity contribution is 6.53. The van der Waals surface area contributed by atoms with Crippen molar-refractivity contribution in [3.05, 3.63) is 93.6 Å². The Bertz CT molecular complexity index is 1420. The standard InChI is InChI=1S/C25H15Cl2F3N2O5/c1-36-16-7-9-17(10-8-16)37-24(35)13-2-5-15(6-3-13)31-21-20(27)22(33)32(23(21)34)19-12-14(25(28,29)30)4-11-18(19)26/h2-12,31H,1H3. The minimum Gasteiger partial charge on any atom is -0.497 e. The van der Waals surface area contributed by atoms with E-state index in [2.05, 4.69) is 5.32 Å². The Morgan fingerprint density at radius 2 is 1.51 bits per heavy atom. The molecule has 2 amide bonds. The number of alkyl halides is 3. The number of halogens is 5. The highest BCUT2D eigenvalue weighted by atomic mass is 35.5. The first-order valence-electron chi connectivity index (χ1n) is 10.4. The molecule has 0 unspecified atom stereocenters. The van der Waals surface area contributed by atoms with E-state index >= 15 is 0 Å². The average Bonchev–Trinajstić information content (AvgIpc) is 3.07. The molecule has 0 bridgehead atoms. The van der Waals surface area contributed by atoms with Crippen LogP contribution in [-0.4, -0.2) is 24.9 Å². The number of rotatable bonds is 6. The number of carbonyl (C=O) groups is 3. The highest BCUT2D eigenvalue weighted by Gasteiger charge is 2.41. The second kappa shape index (κ2) is 10.2. The number of nitrogens with one attached hydrogen (secondary N) is 1. The molecule has 0 aliphatic carbocycles. The van der Waals surface area contributed by atoms with Crippen LogP contribution in [0.4, 0.5) is 24.5 Å². The van der Waals surface area contributed by atoms with Gasteiger partial charge in [-0.3, -0.25) is 9.59 Å². The number of hydrogen-bond acceptors (Lipinski definition) is 6. The summed E-state index contributed by atoms with van der Waals surface area (Å²) in [6.07, 6.45) is -4.72. The fraction of sp³-hybridized carbons (Fsp3) is 0.0800. The Labute approximate surface area is 218 Å². The highest BCUT2D eigenvalue weighted by Crippen LogP contribution is 2.38. The molecule has 1 N–H and O–H groups in total. The molecule has 190 valence electrons. The molecular weight excluding hydrogens is 536 g/mol. The fourth-order valence-corrected chi connectivity index (χ4v) is 3.75. The summed E-state index contributed by atoms with van der Waals surface area (Å²) in [7, 11) is 1.51. The molecule has 3 aromatic rings. The van der Waals surface area contributed by atoms with Crippen molar-refractivity contribution in [1.82, 2.24) is 0 Å². The maximum Gasteiger partial charge on any atom is 0.416 e. The minimum atomic E-state index is -4.72. The van der Waals surface area contributed by atoms with E-state index in [0.717, 1.165) is 12.1 Å². The lowest BCUT2D eigenvalue weighted by Gasteiger charge is -2.18. The van der Waals surface area contributed by atoms with Gasteiger partial charge in [0.1, 0.15) is 22.2 Å². The molecule has 0 saturated carbocycles. The van der Waals surface area contributed by atoms with E-state index in [0.29, 0.717) is 22.5 Å². The predicted molar refractivity (Wildman–Crippen MR) is 130 cm³/mol. The third-order valence-corrected chi connectivity index (χ3v) is 5.87. The molecule has 0 fully saturated rings. The van der Waals surface area contributed by atoms with Gasteiger partial charge in [-0.15, -0.1) is 0 Å². The van der Waals surface area contributed by atoms with E-state index in [1.807, 2.05) is 0 Å². The SMILES string of the molecule is COc1ccc(OC(=O)c2ccc(NC3=C(Cl)C(=O)N(c4cc(C(F)(F)F)ccc4Cl)C3=O)cc2)cc1. The molecule has 0 atom stereocenters. The molecule has 7 nitrogen and oxygen atoms in total. The van der Waals surface area contributed by atoms with E-state index in [1.165, 1.54) is 31.4 Å². The molecule has 12 heteroatoms. The molecule has 3 aromatic carbocycles. The van der Waals surface area contributed by atoms with Crippen LogP contribution in [0, 0.1) is 0 Å². The average molecular weight is 551 g/mol. The van der Waals surface area contributed by atoms with Crippen molar-refractivity contribution < 1.29 is 37.0 Å². The van der Waals surface area contributed by atoms with Gasteiger partial charge >= 0.3 is 12.1 Å². The first-order valence-corrected chi connectivity index (χ1v) is 11.1. The Morgan fingerprint density at radius 1 is 0.892 bits per heavy atom. The third kappa shape index (κ3) is 5.40. The summed E-state index contributed by atoms with van der Waals surface area (Å²) < 4.78 is 49.8. The van der Waals surface area contributed by atoms with Crippen LogP contribution >= 0.6 is 23.2 Å². The summed E-state index contributed by atoms with van der Waals surface area (Å²) in [6, 6.07) is 14.3. The van der Waals surface area contributed by atoms with E-state index in [4.69, 9.17) is 32.7 Å². The molecular formula is C25H15Cl2F3N2O5. The zero-order chi connectivity index (χ0) is 26.9. The van der Waals surface area contributed by atoms with Crippen LogP contribution < -0.4 is 19.7 Å². The van der Waals surface area contributed by atoms with Gasteiger partial charge in [0.25, 0.3) is 11.8 Å². The van der Waals surface area contributed by atoms with E-state index in [-0.39, 0.29) is 22.0 Å². The summed E-state index contributed by atoms with van der Waals surface area (Å²) >= 11 is 12.0. The van der Waals surface area contributed by atoms with E-state index in [9.17, 15) is 27.6 Å². The second-order valence-corrected chi connectivity index (χ2v) is 8.35. The van der Waals surface area contributed by atoms with Crippen molar-refractivity contribution in [1.29, 1.82) is 0 Å². The van der Waals surface area contributed by atoms with Crippen LogP contribution in [0.5, 0.6) is 11.5 Å². The van der Waals surface area contributed by atoms with E-state index < -0.39 is 40.2 Å². The molecule has 0 spiro atoms. The van der Waals surface area contributed by atoms with Crippen LogP contribution in [0.2, 0.25) is 5.02 Å². The van der Waals surface area contributed by atoms with Gasteiger partial charge in [0.15, 0.2) is 0 Å². The van der Waals surface area contributed by atoms with Crippen molar-refractivity contribution in [2.24, 2.45) is 0 Å². The largest absolute Gasteiger partial charge is 0.497 e. The number of nitrogens with zero attached hydrogens (tertiary/aromatic N) is 1. The Morgan fingerprint density at radius 3 is 2.11 bits per heavy atom. The van der Waals surface area contributed by atoms with Gasteiger partial charge in [-0.2, -0.15) is 13.2 Å². The van der Waals surface area contributed by atoms with Crippen molar-refractivity contribution >= 4 is 52.4 Å². The fourth-order valence-electron chi connectivity index (χ4n) is 3.33. The molecule has 1 aliphatic heterocycles. The number of ether oxygens (including phenoxy) is 2. The van der Waals surface area contributed by atoms with Gasteiger partial charge in [0.2, 0.25) is 0 Å². The van der Waals surface area contributed by atoms with Crippen molar-refractivity contribution in [3.63, 3.8) is 0 Å². The second-order valence-electron chi connectivity index (χ2n) is 7.57. The molecule has 0 radical (unpaired) electrons. The topological polar surface area (TPSA) is 84.9 Å². The van der Waals surface area contributed by atoms with Crippen LogP contribution in [0.1, 0.15) is 15.9 Å². The first-order chi connectivity index (χ1) is 17.5. The zero-order valence-corrected chi connectivity index (χ0v) is 20.2. The predicted octanol–water partition coefficient (Wildman–Crippen LogP) is 6.02. The number of benzene rings is 3. The molecule has 4 rings (SSSR count). The number of anilines is 2. The Kier molecular flexibility index (Phi) is 7.15. The lowest BCUT2D eigenvalue weighted by molar-refractivity contribution is -0.137. The van der Waals surface area contributed by atoms with Gasteiger partial charge in [0, 0.05) is 5.69 Å². The summed E-state index contributed by atoms with van der Waals surface area (Å²) in [6.45, 7) is 0. The van der Waals surface area contributed by atoms with Gasteiger partial charge in [-0.05, 0) is 66.7 Å². The van der Waals surface area contributed by atoms with Crippen molar-refractivity contribution in [3.8, 4) is 11.5 Å². The number of imide groups is 1. The summed E-state index contributed by atoms with van der Waals surface area (Å²) in [5.41, 5.74) is -1.46. The summed E-state index contributed by atoms with van der Waals surface area (Å²) in [5.74, 6) is -1.80. The van der Waals surface area contributed by atoms with Crippen LogP contribution in [0.15, 0.2) is 77.5 Å². The number of amides is 2. The lowest BCUT2D eigenvalue weighted by atomic mass is 10.1. The lowest BCUT2D eigenvalue weighted by Crippen LogP contribution is -2.32. The number of hydrogen-bond donors (Lipinski definition) is 1. The minimum absolute atomic E-state index is 0.188. The van der Waals surface area contributed by atoms with Gasteiger partial charge in [-0.25, -0.2) is 9.69 Å². The number of carbonyl (C=O) groups excluding carboxylic acids is 3. The van der Waals surface area contributed by atoms with Crippen molar-refractivity contribution in [2.45, 2.75) is 6.18 Å². The Balaban J connectivity index is 1.50. The first kappa shape index (κ1) is 26.1. The summed E-state index contributed by atoms with van der Waals surface area (Å²) in [4.78, 5) is 38.5. The maximum absolute atomic E-state index is 13.1. The maximum atomic E-state index is 13.1. The van der Waals surface area contributed by atoms with Crippen LogP contribution in [-0.2, 0) is 15.8 Å². The quantitative estimate of drug-likeness (QED) is 0.229. The monoisotopic (exact) mass is 550 g/mol. The van der Waals surface area contributed by atoms with Gasteiger partial charge in [0.05, 0.1) is 28.9 Å². The molecule has 37 heavy (non-hydrogen) atoms. The van der Waals surface area contributed by atoms with E-state index in [1.54, 1.807) is 24.3 Å². The van der Waals surface area contributed by atoms with Crippen LogP contribution in [0.25, 0.3) is 0 Å². The van der Waals surface area contributed by atoms with Gasteiger partial charge in [-0.1, -0.05) is 23.2 Å². The zero-order valence-electron chi connectivity index (χ0n) is 18.7. The smallest absolute Gasteiger partial charge is 0.416 e. The third-order valence-electron chi connectivity index (χ3n) is 5.20.